The smallest absolute Gasteiger partial charge is 0.259 e. The van der Waals surface area contributed by atoms with Gasteiger partial charge in [0.25, 0.3) is 11.8 Å². The van der Waals surface area contributed by atoms with Crippen molar-refractivity contribution >= 4 is 53.9 Å². The largest absolute Gasteiger partial charge is 0.495 e. The quantitative estimate of drug-likeness (QED) is 0.166. The standard InChI is InChI=1S/C38H51N5O6.2ClH/c1-27-14-17-32(35(25-27)48-24-10-6-7-13-36(44)43-22-20-41(3)21-23-43)42(4)38(46)29-15-16-31(34(26-29)47-5)40-37(45)30-11-8-9-12-33(30)49-28(2)18-19-39;;/h8-9,11-12,14-17,25-26,28H,6-7,10,13,18-24,39H2,1-5H3,(H,40,45);2*1H/t28-;;/m0../s1. The van der Waals surface area contributed by atoms with E-state index < -0.39 is 0 Å². The first-order chi connectivity index (χ1) is 23.6. The van der Waals surface area contributed by atoms with Crippen molar-refractivity contribution in [3.63, 3.8) is 0 Å². The fourth-order valence-electron chi connectivity index (χ4n) is 5.65. The highest BCUT2D eigenvalue weighted by atomic mass is 35.5. The van der Waals surface area contributed by atoms with Crippen LogP contribution < -0.4 is 30.2 Å². The van der Waals surface area contributed by atoms with Gasteiger partial charge in [-0.3, -0.25) is 14.4 Å². The normalized spacial score (nSPS) is 13.3. The lowest BCUT2D eigenvalue weighted by molar-refractivity contribution is -0.132. The van der Waals surface area contributed by atoms with Crippen LogP contribution in [0.5, 0.6) is 17.2 Å². The molecule has 4 rings (SSSR count). The molecule has 0 aromatic heterocycles. The van der Waals surface area contributed by atoms with Crippen LogP contribution in [0.1, 0.15) is 65.3 Å². The van der Waals surface area contributed by atoms with Gasteiger partial charge < -0.3 is 40.0 Å². The summed E-state index contributed by atoms with van der Waals surface area (Å²) in [5.74, 6) is 1.01. The number of anilines is 2. The van der Waals surface area contributed by atoms with Crippen LogP contribution in [0.3, 0.4) is 0 Å². The Morgan fingerprint density at radius 3 is 2.35 bits per heavy atom. The number of benzene rings is 3. The number of rotatable bonds is 16. The first kappa shape index (κ1) is 43.1. The summed E-state index contributed by atoms with van der Waals surface area (Å²) < 4.78 is 17.7. The van der Waals surface area contributed by atoms with Crippen LogP contribution in [0.25, 0.3) is 0 Å². The number of hydrogen-bond acceptors (Lipinski definition) is 8. The molecule has 1 saturated heterocycles. The molecule has 0 saturated carbocycles. The summed E-state index contributed by atoms with van der Waals surface area (Å²) >= 11 is 0. The zero-order chi connectivity index (χ0) is 35.3. The maximum absolute atomic E-state index is 13.7. The number of likely N-dealkylation sites (N-methyl/N-ethyl adjacent to an activating group) is 1. The molecule has 0 radical (unpaired) electrons. The van der Waals surface area contributed by atoms with Gasteiger partial charge >= 0.3 is 0 Å². The minimum absolute atomic E-state index is 0. The molecule has 1 aliphatic heterocycles. The van der Waals surface area contributed by atoms with Crippen molar-refractivity contribution in [2.75, 3.05) is 70.8 Å². The number of carbonyl (C=O) groups is 3. The van der Waals surface area contributed by atoms with Gasteiger partial charge in [-0.15, -0.1) is 24.8 Å². The predicted molar refractivity (Wildman–Crippen MR) is 208 cm³/mol. The molecule has 1 heterocycles. The van der Waals surface area contributed by atoms with Crippen molar-refractivity contribution in [1.29, 1.82) is 0 Å². The highest BCUT2D eigenvalue weighted by Crippen LogP contribution is 2.32. The second-order valence-corrected chi connectivity index (χ2v) is 12.5. The molecule has 0 spiro atoms. The van der Waals surface area contributed by atoms with E-state index in [1.165, 1.54) is 7.11 Å². The Labute approximate surface area is 314 Å². The lowest BCUT2D eigenvalue weighted by Crippen LogP contribution is -2.47. The van der Waals surface area contributed by atoms with Crippen LogP contribution in [0.15, 0.2) is 60.7 Å². The number of hydrogen-bond donors (Lipinski definition) is 2. The summed E-state index contributed by atoms with van der Waals surface area (Å²) in [6, 6.07) is 17.7. The lowest BCUT2D eigenvalue weighted by Gasteiger charge is -2.32. The van der Waals surface area contributed by atoms with Crippen molar-refractivity contribution in [2.45, 2.75) is 52.1 Å². The number of nitrogens with zero attached hydrogens (tertiary/aromatic N) is 3. The molecule has 1 aliphatic rings. The number of piperazine rings is 1. The van der Waals surface area contributed by atoms with Gasteiger partial charge in [-0.1, -0.05) is 18.2 Å². The molecule has 0 bridgehead atoms. The minimum Gasteiger partial charge on any atom is -0.495 e. The molecule has 3 aromatic rings. The van der Waals surface area contributed by atoms with Gasteiger partial charge in [-0.05, 0) is 101 Å². The Hall–Kier alpha value is -4.03. The average molecular weight is 747 g/mol. The number of aryl methyl sites for hydroxylation is 1. The maximum Gasteiger partial charge on any atom is 0.259 e. The lowest BCUT2D eigenvalue weighted by atomic mass is 10.1. The monoisotopic (exact) mass is 745 g/mol. The number of para-hydroxylation sites is 1. The molecule has 51 heavy (non-hydrogen) atoms. The molecule has 1 fully saturated rings. The van der Waals surface area contributed by atoms with E-state index in [4.69, 9.17) is 19.9 Å². The first-order valence-electron chi connectivity index (χ1n) is 17.0. The van der Waals surface area contributed by atoms with Gasteiger partial charge in [0.1, 0.15) is 17.2 Å². The second kappa shape index (κ2) is 21.4. The maximum atomic E-state index is 13.7. The summed E-state index contributed by atoms with van der Waals surface area (Å²) in [6.45, 7) is 8.29. The summed E-state index contributed by atoms with van der Waals surface area (Å²) in [5, 5.41) is 2.89. The zero-order valence-electron chi connectivity index (χ0n) is 30.3. The van der Waals surface area contributed by atoms with Gasteiger partial charge in [-0.2, -0.15) is 0 Å². The van der Waals surface area contributed by atoms with Crippen LogP contribution in [0, 0.1) is 6.92 Å². The van der Waals surface area contributed by atoms with Crippen molar-refractivity contribution < 1.29 is 28.6 Å². The van der Waals surface area contributed by atoms with Crippen LogP contribution in [-0.4, -0.2) is 94.2 Å². The van der Waals surface area contributed by atoms with Crippen molar-refractivity contribution in [3.05, 3.63) is 77.4 Å². The number of methoxy groups -OCH3 is 1. The third kappa shape index (κ3) is 12.3. The number of halogens is 2. The molecule has 11 nitrogen and oxygen atoms in total. The Balaban J connectivity index is 0.00000451. The van der Waals surface area contributed by atoms with Crippen LogP contribution in [-0.2, 0) is 4.79 Å². The van der Waals surface area contributed by atoms with Crippen molar-refractivity contribution in [3.8, 4) is 17.2 Å². The molecule has 3 aromatic carbocycles. The number of carbonyl (C=O) groups excluding carboxylic acids is 3. The summed E-state index contributed by atoms with van der Waals surface area (Å²) in [7, 11) is 5.27. The van der Waals surface area contributed by atoms with E-state index in [0.29, 0.717) is 65.7 Å². The topological polar surface area (TPSA) is 127 Å². The Morgan fingerprint density at radius 2 is 1.65 bits per heavy atom. The number of nitrogens with one attached hydrogen (secondary N) is 1. The molecular weight excluding hydrogens is 693 g/mol. The van der Waals surface area contributed by atoms with Gasteiger partial charge in [0.05, 0.1) is 36.8 Å². The molecule has 13 heteroatoms. The molecule has 3 N–H and O–H groups in total. The molecule has 280 valence electrons. The number of ether oxygens (including phenoxy) is 3. The van der Waals surface area contributed by atoms with Crippen molar-refractivity contribution in [2.24, 2.45) is 5.73 Å². The minimum atomic E-state index is -0.367. The SMILES string of the molecule is COc1cc(C(=O)N(C)c2ccc(C)cc2OCCCCCC(=O)N2CCN(C)CC2)ccc1NC(=O)c1ccccc1O[C@@H](C)CCN.Cl.Cl. The Morgan fingerprint density at radius 1 is 0.922 bits per heavy atom. The summed E-state index contributed by atoms with van der Waals surface area (Å²) in [5.41, 5.74) is 8.48. The van der Waals surface area contributed by atoms with E-state index in [0.717, 1.165) is 51.0 Å². The Kier molecular flexibility index (Phi) is 18.1. The van der Waals surface area contributed by atoms with Gasteiger partial charge in [-0.25, -0.2) is 0 Å². The highest BCUT2D eigenvalue weighted by Gasteiger charge is 2.22. The van der Waals surface area contributed by atoms with Gasteiger partial charge in [0.2, 0.25) is 5.91 Å². The van der Waals surface area contributed by atoms with E-state index in [2.05, 4.69) is 17.3 Å². The van der Waals surface area contributed by atoms with E-state index in [9.17, 15) is 14.4 Å². The molecule has 3 amide bonds. The van der Waals surface area contributed by atoms with Crippen molar-refractivity contribution in [1.82, 2.24) is 9.80 Å². The zero-order valence-corrected chi connectivity index (χ0v) is 31.9. The second-order valence-electron chi connectivity index (χ2n) is 12.5. The van der Waals surface area contributed by atoms with E-state index in [1.807, 2.05) is 43.0 Å². The van der Waals surface area contributed by atoms with E-state index in [-0.39, 0.29) is 48.6 Å². The first-order valence-corrected chi connectivity index (χ1v) is 17.0. The predicted octanol–water partition coefficient (Wildman–Crippen LogP) is 6.21. The van der Waals surface area contributed by atoms with Crippen LogP contribution in [0.2, 0.25) is 0 Å². The highest BCUT2D eigenvalue weighted by molar-refractivity contribution is 6.09. The average Bonchev–Trinajstić information content (AvgIpc) is 3.09. The fourth-order valence-corrected chi connectivity index (χ4v) is 5.65. The number of unbranched alkanes of at least 4 members (excludes halogenated alkanes) is 2. The molecule has 1 atom stereocenters. The summed E-state index contributed by atoms with van der Waals surface area (Å²) in [4.78, 5) is 45.3. The third-order valence-corrected chi connectivity index (χ3v) is 8.66. The third-order valence-electron chi connectivity index (χ3n) is 8.66. The van der Waals surface area contributed by atoms with E-state index >= 15 is 0 Å². The Bertz CT molecular complexity index is 1580. The molecular formula is C38H53Cl2N5O6. The van der Waals surface area contributed by atoms with Crippen LogP contribution in [0.4, 0.5) is 11.4 Å². The molecule has 0 unspecified atom stereocenters. The summed E-state index contributed by atoms with van der Waals surface area (Å²) in [6.07, 6.45) is 3.56. The van der Waals surface area contributed by atoms with Crippen LogP contribution >= 0.6 is 24.8 Å². The fraction of sp³-hybridized carbons (Fsp3) is 0.447. The molecule has 0 aliphatic carbocycles. The van der Waals surface area contributed by atoms with Gasteiger partial charge in [0.15, 0.2) is 0 Å². The number of nitrogens with two attached hydrogens (primary N) is 1. The number of amides is 3. The van der Waals surface area contributed by atoms with E-state index in [1.54, 1.807) is 48.3 Å². The van der Waals surface area contributed by atoms with Gasteiger partial charge in [0, 0.05) is 45.2 Å².